The second-order valence-electron chi connectivity index (χ2n) is 6.15. The molecule has 2 N–H and O–H groups in total. The van der Waals surface area contributed by atoms with Gasteiger partial charge in [0.15, 0.2) is 5.78 Å². The lowest BCUT2D eigenvalue weighted by Crippen LogP contribution is -2.31. The summed E-state index contributed by atoms with van der Waals surface area (Å²) >= 11 is 0. The summed E-state index contributed by atoms with van der Waals surface area (Å²) in [5.74, 6) is 0.673. The molecule has 1 amide bonds. The van der Waals surface area contributed by atoms with E-state index in [0.29, 0.717) is 17.8 Å². The van der Waals surface area contributed by atoms with Crippen molar-refractivity contribution in [3.63, 3.8) is 0 Å². The lowest BCUT2D eigenvalue weighted by atomic mass is 10.2. The van der Waals surface area contributed by atoms with Gasteiger partial charge in [0.05, 0.1) is 17.1 Å². The average molecular weight is 322 g/mol. The molecule has 2 aromatic heterocycles. The van der Waals surface area contributed by atoms with Crippen LogP contribution >= 0.6 is 0 Å². The Bertz CT molecular complexity index is 891. The number of imidazole rings is 1. The van der Waals surface area contributed by atoms with Gasteiger partial charge in [-0.25, -0.2) is 4.98 Å². The molecule has 1 aliphatic rings. The summed E-state index contributed by atoms with van der Waals surface area (Å²) in [6, 6.07) is 9.42. The van der Waals surface area contributed by atoms with Crippen LogP contribution in [0.25, 0.3) is 11.0 Å². The quantitative estimate of drug-likeness (QED) is 0.727. The molecule has 6 heteroatoms. The van der Waals surface area contributed by atoms with Gasteiger partial charge in [-0.3, -0.25) is 9.59 Å². The minimum atomic E-state index is -0.0922. The molecule has 6 nitrogen and oxygen atoms in total. The standard InChI is InChI=1S/C18H18N4O2/c1-11(23)12-9-15(19-10-12)18(24)22-8-4-7-16(22)17-20-13-5-2-3-6-14(13)21-17/h2-3,5-6,9-10,16,19H,4,7-8H2,1H3,(H,20,21). The fraction of sp³-hybridized carbons (Fsp3) is 0.278. The summed E-state index contributed by atoms with van der Waals surface area (Å²) in [5.41, 5.74) is 2.86. The van der Waals surface area contributed by atoms with Crippen LogP contribution in [0.3, 0.4) is 0 Å². The van der Waals surface area contributed by atoms with Gasteiger partial charge in [0.25, 0.3) is 5.91 Å². The molecule has 0 saturated carbocycles. The van der Waals surface area contributed by atoms with E-state index < -0.39 is 0 Å². The highest BCUT2D eigenvalue weighted by Gasteiger charge is 2.33. The van der Waals surface area contributed by atoms with Crippen LogP contribution in [0, 0.1) is 0 Å². The molecule has 1 atom stereocenters. The highest BCUT2D eigenvalue weighted by molar-refractivity contribution is 5.99. The third-order valence-corrected chi connectivity index (χ3v) is 4.56. The highest BCUT2D eigenvalue weighted by Crippen LogP contribution is 2.32. The molecule has 0 radical (unpaired) electrons. The Labute approximate surface area is 138 Å². The maximum absolute atomic E-state index is 12.8. The Morgan fingerprint density at radius 2 is 2.12 bits per heavy atom. The van der Waals surface area contributed by atoms with Crippen LogP contribution < -0.4 is 0 Å². The third kappa shape index (κ3) is 2.40. The summed E-state index contributed by atoms with van der Waals surface area (Å²) in [4.78, 5) is 37.0. The number of hydrogen-bond donors (Lipinski definition) is 2. The van der Waals surface area contributed by atoms with E-state index in [9.17, 15) is 9.59 Å². The number of para-hydroxylation sites is 2. The van der Waals surface area contributed by atoms with Crippen LogP contribution in [0.5, 0.6) is 0 Å². The first-order valence-electron chi connectivity index (χ1n) is 8.08. The van der Waals surface area contributed by atoms with Crippen molar-refractivity contribution in [3.8, 4) is 0 Å². The van der Waals surface area contributed by atoms with E-state index >= 15 is 0 Å². The van der Waals surface area contributed by atoms with Gasteiger partial charge in [0, 0.05) is 18.3 Å². The first-order valence-corrected chi connectivity index (χ1v) is 8.08. The molecular formula is C18H18N4O2. The molecule has 122 valence electrons. The molecule has 0 aliphatic carbocycles. The summed E-state index contributed by atoms with van der Waals surface area (Å²) in [6.45, 7) is 2.18. The predicted molar refractivity (Wildman–Crippen MR) is 89.9 cm³/mol. The Kier molecular flexibility index (Phi) is 3.45. The molecule has 1 aliphatic heterocycles. The van der Waals surface area contributed by atoms with Crippen molar-refractivity contribution in [1.29, 1.82) is 0 Å². The van der Waals surface area contributed by atoms with Crippen molar-refractivity contribution in [2.24, 2.45) is 0 Å². The Hall–Kier alpha value is -2.89. The van der Waals surface area contributed by atoms with Gasteiger partial charge in [-0.1, -0.05) is 12.1 Å². The van der Waals surface area contributed by atoms with Gasteiger partial charge in [-0.05, 0) is 38.0 Å². The van der Waals surface area contributed by atoms with Crippen LogP contribution in [-0.2, 0) is 0 Å². The third-order valence-electron chi connectivity index (χ3n) is 4.56. The molecule has 1 unspecified atom stereocenters. The Morgan fingerprint density at radius 1 is 1.29 bits per heavy atom. The van der Waals surface area contributed by atoms with Gasteiger partial charge in [0.1, 0.15) is 11.5 Å². The smallest absolute Gasteiger partial charge is 0.270 e. The molecular weight excluding hydrogens is 304 g/mol. The zero-order valence-electron chi connectivity index (χ0n) is 13.4. The van der Waals surface area contributed by atoms with Crippen LogP contribution in [0.4, 0.5) is 0 Å². The maximum Gasteiger partial charge on any atom is 0.270 e. The number of carbonyl (C=O) groups is 2. The van der Waals surface area contributed by atoms with E-state index in [1.165, 1.54) is 6.92 Å². The van der Waals surface area contributed by atoms with E-state index in [0.717, 1.165) is 29.7 Å². The monoisotopic (exact) mass is 322 g/mol. The van der Waals surface area contributed by atoms with Crippen molar-refractivity contribution in [2.75, 3.05) is 6.54 Å². The van der Waals surface area contributed by atoms with E-state index in [2.05, 4.69) is 15.0 Å². The lowest BCUT2D eigenvalue weighted by Gasteiger charge is -2.22. The number of nitrogens with one attached hydrogen (secondary N) is 2. The number of carbonyl (C=O) groups excluding carboxylic acids is 2. The number of ketones is 1. The molecule has 1 fully saturated rings. The average Bonchev–Trinajstić information content (AvgIpc) is 3.30. The van der Waals surface area contributed by atoms with Crippen molar-refractivity contribution in [3.05, 3.63) is 53.6 Å². The first-order chi connectivity index (χ1) is 11.6. The van der Waals surface area contributed by atoms with E-state index in [1.807, 2.05) is 29.2 Å². The number of Topliss-reactive ketones (excluding diaryl/α,β-unsaturated/α-hetero) is 1. The minimum absolute atomic E-state index is 0.0550. The van der Waals surface area contributed by atoms with Crippen LogP contribution in [0.2, 0.25) is 0 Å². The number of benzene rings is 1. The van der Waals surface area contributed by atoms with Crippen LogP contribution in [0.15, 0.2) is 36.5 Å². The van der Waals surface area contributed by atoms with Gasteiger partial charge in [-0.2, -0.15) is 0 Å². The summed E-state index contributed by atoms with van der Waals surface area (Å²) in [5, 5.41) is 0. The van der Waals surface area contributed by atoms with Gasteiger partial charge < -0.3 is 14.9 Å². The van der Waals surface area contributed by atoms with Crippen molar-refractivity contribution in [2.45, 2.75) is 25.8 Å². The van der Waals surface area contributed by atoms with E-state index in [1.54, 1.807) is 12.3 Å². The summed E-state index contributed by atoms with van der Waals surface area (Å²) in [7, 11) is 0. The SMILES string of the molecule is CC(=O)c1c[nH]c(C(=O)N2CCCC2c2nc3ccccc3[nH]2)c1. The Balaban J connectivity index is 1.64. The van der Waals surface area contributed by atoms with Gasteiger partial charge >= 0.3 is 0 Å². The number of H-pyrrole nitrogens is 2. The molecule has 1 saturated heterocycles. The van der Waals surface area contributed by atoms with Crippen molar-refractivity contribution in [1.82, 2.24) is 19.9 Å². The molecule has 4 rings (SSSR count). The number of aromatic nitrogens is 3. The molecule has 0 bridgehead atoms. The topological polar surface area (TPSA) is 81.8 Å². The second kappa shape index (κ2) is 5.63. The predicted octanol–water partition coefficient (Wildman–Crippen LogP) is 3.07. The maximum atomic E-state index is 12.8. The number of amides is 1. The number of fused-ring (bicyclic) bond motifs is 1. The fourth-order valence-corrected chi connectivity index (χ4v) is 3.30. The Morgan fingerprint density at radius 3 is 2.88 bits per heavy atom. The van der Waals surface area contributed by atoms with Gasteiger partial charge in [-0.15, -0.1) is 0 Å². The van der Waals surface area contributed by atoms with Gasteiger partial charge in [0.2, 0.25) is 0 Å². The molecule has 0 spiro atoms. The number of nitrogens with zero attached hydrogens (tertiary/aromatic N) is 2. The number of likely N-dealkylation sites (tertiary alicyclic amines) is 1. The lowest BCUT2D eigenvalue weighted by molar-refractivity contribution is 0.0725. The largest absolute Gasteiger partial charge is 0.356 e. The summed E-state index contributed by atoms with van der Waals surface area (Å²) < 4.78 is 0. The zero-order chi connectivity index (χ0) is 16.7. The summed E-state index contributed by atoms with van der Waals surface area (Å²) in [6.07, 6.45) is 3.40. The number of aromatic amines is 2. The highest BCUT2D eigenvalue weighted by atomic mass is 16.2. The first kappa shape index (κ1) is 14.7. The van der Waals surface area contributed by atoms with Crippen molar-refractivity contribution >= 4 is 22.7 Å². The number of hydrogen-bond acceptors (Lipinski definition) is 3. The molecule has 3 aromatic rings. The number of rotatable bonds is 3. The van der Waals surface area contributed by atoms with Crippen molar-refractivity contribution < 1.29 is 9.59 Å². The normalized spacial score (nSPS) is 17.5. The van der Waals surface area contributed by atoms with E-state index in [4.69, 9.17) is 0 Å². The molecule has 1 aromatic carbocycles. The second-order valence-corrected chi connectivity index (χ2v) is 6.15. The van der Waals surface area contributed by atoms with Crippen LogP contribution in [0.1, 0.15) is 52.5 Å². The van der Waals surface area contributed by atoms with Crippen LogP contribution in [-0.4, -0.2) is 38.1 Å². The molecule has 3 heterocycles. The minimum Gasteiger partial charge on any atom is -0.356 e. The van der Waals surface area contributed by atoms with E-state index in [-0.39, 0.29) is 17.7 Å². The molecule has 24 heavy (non-hydrogen) atoms. The zero-order valence-corrected chi connectivity index (χ0v) is 13.4. The fourth-order valence-electron chi connectivity index (χ4n) is 3.30.